The Morgan fingerprint density at radius 3 is 2.19 bits per heavy atom. The predicted octanol–water partition coefficient (Wildman–Crippen LogP) is 2.92. The molecule has 2 nitrogen and oxygen atoms in total. The van der Waals surface area contributed by atoms with Gasteiger partial charge in [0, 0.05) is 6.04 Å². The van der Waals surface area contributed by atoms with Crippen LogP contribution in [0.3, 0.4) is 0 Å². The molecule has 0 aromatic carbocycles. The molecule has 0 bridgehead atoms. The van der Waals surface area contributed by atoms with Crippen LogP contribution in [-0.4, -0.2) is 36.7 Å². The SMILES string of the molecule is CC(C)C1CC2(CCN(C(C)C)CC2)CO1. The first-order valence-corrected chi connectivity index (χ1v) is 6.88. The summed E-state index contributed by atoms with van der Waals surface area (Å²) >= 11 is 0. The molecule has 0 aliphatic carbocycles. The van der Waals surface area contributed by atoms with Crippen LogP contribution in [0.2, 0.25) is 0 Å². The highest BCUT2D eigenvalue weighted by Gasteiger charge is 2.43. The molecule has 0 aromatic rings. The molecule has 0 aromatic heterocycles. The normalized spacial score (nSPS) is 30.8. The van der Waals surface area contributed by atoms with Gasteiger partial charge in [-0.25, -0.2) is 0 Å². The molecular formula is C14H27NO. The van der Waals surface area contributed by atoms with Crippen molar-refractivity contribution in [2.24, 2.45) is 11.3 Å². The van der Waals surface area contributed by atoms with Crippen LogP contribution in [0.4, 0.5) is 0 Å². The lowest BCUT2D eigenvalue weighted by Gasteiger charge is -2.40. The van der Waals surface area contributed by atoms with E-state index in [1.165, 1.54) is 32.4 Å². The molecule has 94 valence electrons. The lowest BCUT2D eigenvalue weighted by atomic mass is 9.75. The summed E-state index contributed by atoms with van der Waals surface area (Å²) in [5, 5.41) is 0. The molecule has 2 fully saturated rings. The summed E-state index contributed by atoms with van der Waals surface area (Å²) in [6.45, 7) is 12.7. The molecule has 0 saturated carbocycles. The number of hydrogen-bond acceptors (Lipinski definition) is 2. The van der Waals surface area contributed by atoms with E-state index in [0.29, 0.717) is 23.5 Å². The molecule has 16 heavy (non-hydrogen) atoms. The second-order valence-electron chi connectivity index (χ2n) is 6.43. The number of rotatable bonds is 2. The minimum atomic E-state index is 0.519. The van der Waals surface area contributed by atoms with Crippen LogP contribution in [-0.2, 0) is 4.74 Å². The van der Waals surface area contributed by atoms with Crippen molar-refractivity contribution < 1.29 is 4.74 Å². The van der Waals surface area contributed by atoms with Gasteiger partial charge < -0.3 is 9.64 Å². The summed E-state index contributed by atoms with van der Waals surface area (Å²) in [4.78, 5) is 2.61. The smallest absolute Gasteiger partial charge is 0.0604 e. The zero-order valence-corrected chi connectivity index (χ0v) is 11.3. The van der Waals surface area contributed by atoms with Crippen LogP contribution in [0.5, 0.6) is 0 Å². The maximum Gasteiger partial charge on any atom is 0.0604 e. The molecule has 1 atom stereocenters. The topological polar surface area (TPSA) is 12.5 Å². The molecule has 1 spiro atoms. The maximum absolute atomic E-state index is 5.98. The quantitative estimate of drug-likeness (QED) is 0.716. The number of likely N-dealkylation sites (tertiary alicyclic amines) is 1. The van der Waals surface area contributed by atoms with Gasteiger partial charge in [0.2, 0.25) is 0 Å². The van der Waals surface area contributed by atoms with Crippen molar-refractivity contribution in [1.29, 1.82) is 0 Å². The van der Waals surface area contributed by atoms with Crippen LogP contribution >= 0.6 is 0 Å². The minimum Gasteiger partial charge on any atom is -0.377 e. The molecule has 2 saturated heterocycles. The van der Waals surface area contributed by atoms with E-state index in [0.717, 1.165) is 6.61 Å². The van der Waals surface area contributed by atoms with Gasteiger partial charge in [-0.3, -0.25) is 0 Å². The van der Waals surface area contributed by atoms with Crippen molar-refractivity contribution in [1.82, 2.24) is 4.90 Å². The Kier molecular flexibility index (Phi) is 3.60. The highest BCUT2D eigenvalue weighted by atomic mass is 16.5. The second kappa shape index (κ2) is 4.66. The Labute approximate surface area is 100 Å². The van der Waals surface area contributed by atoms with Crippen molar-refractivity contribution in [3.63, 3.8) is 0 Å². The van der Waals surface area contributed by atoms with Crippen LogP contribution in [0, 0.1) is 11.3 Å². The Balaban J connectivity index is 1.89. The number of ether oxygens (including phenoxy) is 1. The molecule has 2 aliphatic heterocycles. The predicted molar refractivity (Wildman–Crippen MR) is 67.6 cm³/mol. The summed E-state index contributed by atoms with van der Waals surface area (Å²) in [6, 6.07) is 0.709. The molecule has 0 radical (unpaired) electrons. The summed E-state index contributed by atoms with van der Waals surface area (Å²) < 4.78 is 5.98. The lowest BCUT2D eigenvalue weighted by Crippen LogP contribution is -2.43. The Morgan fingerprint density at radius 1 is 1.12 bits per heavy atom. The van der Waals surface area contributed by atoms with E-state index in [4.69, 9.17) is 4.74 Å². The molecule has 0 amide bonds. The third-order valence-electron chi connectivity index (χ3n) is 4.57. The van der Waals surface area contributed by atoms with Gasteiger partial charge in [-0.05, 0) is 57.5 Å². The first kappa shape index (κ1) is 12.4. The largest absolute Gasteiger partial charge is 0.377 e. The maximum atomic E-state index is 5.98. The van der Waals surface area contributed by atoms with Crippen molar-refractivity contribution in [3.05, 3.63) is 0 Å². The van der Waals surface area contributed by atoms with Crippen LogP contribution in [0.1, 0.15) is 47.0 Å². The van der Waals surface area contributed by atoms with E-state index in [1.807, 2.05) is 0 Å². The van der Waals surface area contributed by atoms with Crippen molar-refractivity contribution >= 4 is 0 Å². The second-order valence-corrected chi connectivity index (χ2v) is 6.43. The summed E-state index contributed by atoms with van der Waals surface area (Å²) in [5.74, 6) is 0.683. The Bertz CT molecular complexity index is 229. The van der Waals surface area contributed by atoms with E-state index in [2.05, 4.69) is 32.6 Å². The number of hydrogen-bond donors (Lipinski definition) is 0. The molecule has 1 unspecified atom stereocenters. The van der Waals surface area contributed by atoms with E-state index in [-0.39, 0.29) is 0 Å². The van der Waals surface area contributed by atoms with E-state index < -0.39 is 0 Å². The fourth-order valence-corrected chi connectivity index (χ4v) is 3.12. The molecule has 2 heteroatoms. The van der Waals surface area contributed by atoms with Gasteiger partial charge in [-0.2, -0.15) is 0 Å². The molecule has 2 heterocycles. The first-order chi connectivity index (χ1) is 7.52. The van der Waals surface area contributed by atoms with E-state index in [1.54, 1.807) is 0 Å². The zero-order valence-electron chi connectivity index (χ0n) is 11.3. The number of piperidine rings is 1. The lowest BCUT2D eigenvalue weighted by molar-refractivity contribution is 0.0455. The summed E-state index contributed by atoms with van der Waals surface area (Å²) in [6.07, 6.45) is 4.50. The van der Waals surface area contributed by atoms with Gasteiger partial charge in [0.15, 0.2) is 0 Å². The summed E-state index contributed by atoms with van der Waals surface area (Å²) in [7, 11) is 0. The standard InChI is InChI=1S/C14H27NO/c1-11(2)13-9-14(10-16-13)5-7-15(8-6-14)12(3)4/h11-13H,5-10H2,1-4H3. The average molecular weight is 225 g/mol. The minimum absolute atomic E-state index is 0.519. The first-order valence-electron chi connectivity index (χ1n) is 6.88. The molecular weight excluding hydrogens is 198 g/mol. The fourth-order valence-electron chi connectivity index (χ4n) is 3.12. The highest BCUT2D eigenvalue weighted by Crippen LogP contribution is 2.43. The molecule has 2 rings (SSSR count). The van der Waals surface area contributed by atoms with E-state index >= 15 is 0 Å². The van der Waals surface area contributed by atoms with Crippen molar-refractivity contribution in [3.8, 4) is 0 Å². The molecule has 0 N–H and O–H groups in total. The Hall–Kier alpha value is -0.0800. The van der Waals surface area contributed by atoms with Gasteiger partial charge in [-0.1, -0.05) is 13.8 Å². The summed E-state index contributed by atoms with van der Waals surface area (Å²) in [5.41, 5.74) is 0.528. The third kappa shape index (κ3) is 2.43. The van der Waals surface area contributed by atoms with Crippen LogP contribution < -0.4 is 0 Å². The zero-order chi connectivity index (χ0) is 11.8. The third-order valence-corrected chi connectivity index (χ3v) is 4.57. The Morgan fingerprint density at radius 2 is 1.75 bits per heavy atom. The highest BCUT2D eigenvalue weighted by molar-refractivity contribution is 4.93. The van der Waals surface area contributed by atoms with Gasteiger partial charge >= 0.3 is 0 Å². The van der Waals surface area contributed by atoms with Crippen LogP contribution in [0.15, 0.2) is 0 Å². The monoisotopic (exact) mass is 225 g/mol. The van der Waals surface area contributed by atoms with E-state index in [9.17, 15) is 0 Å². The fraction of sp³-hybridized carbons (Fsp3) is 1.00. The van der Waals surface area contributed by atoms with Gasteiger partial charge in [0.1, 0.15) is 0 Å². The van der Waals surface area contributed by atoms with Gasteiger partial charge in [0.25, 0.3) is 0 Å². The average Bonchev–Trinajstić information content (AvgIpc) is 2.63. The van der Waals surface area contributed by atoms with Gasteiger partial charge in [-0.15, -0.1) is 0 Å². The van der Waals surface area contributed by atoms with Crippen molar-refractivity contribution in [2.75, 3.05) is 19.7 Å². The van der Waals surface area contributed by atoms with Gasteiger partial charge in [0.05, 0.1) is 12.7 Å². The van der Waals surface area contributed by atoms with Crippen LogP contribution in [0.25, 0.3) is 0 Å². The molecule has 2 aliphatic rings. The number of nitrogens with zero attached hydrogens (tertiary/aromatic N) is 1. The van der Waals surface area contributed by atoms with Crippen molar-refractivity contribution in [2.45, 2.75) is 59.1 Å².